The monoisotopic (exact) mass is 302 g/mol. The van der Waals surface area contributed by atoms with E-state index in [0.29, 0.717) is 25.7 Å². The summed E-state index contributed by atoms with van der Waals surface area (Å²) in [6, 6.07) is 0. The minimum Gasteiger partial charge on any atom is -0.469 e. The Bertz CT molecular complexity index is 447. The summed E-state index contributed by atoms with van der Waals surface area (Å²) in [5, 5.41) is 0. The first-order valence-corrected chi connectivity index (χ1v) is 6.87. The van der Waals surface area contributed by atoms with Gasteiger partial charge >= 0.3 is 18.1 Å². The van der Waals surface area contributed by atoms with Crippen LogP contribution < -0.4 is 5.73 Å². The van der Waals surface area contributed by atoms with Gasteiger partial charge in [0.25, 0.3) is 0 Å². The van der Waals surface area contributed by atoms with Gasteiger partial charge in [-0.05, 0) is 45.4 Å². The third-order valence-electron chi connectivity index (χ3n) is 3.12. The molecule has 0 bridgehead atoms. The number of hydrogen-bond acceptors (Lipinski definition) is 7. The second kappa shape index (κ2) is 7.40. The van der Waals surface area contributed by atoms with Gasteiger partial charge in [-0.3, -0.25) is 4.79 Å². The van der Waals surface area contributed by atoms with E-state index < -0.39 is 29.5 Å². The van der Waals surface area contributed by atoms with Gasteiger partial charge in [0.15, 0.2) is 0 Å². The molecule has 0 spiro atoms. The first-order valence-electron chi connectivity index (χ1n) is 7.37. The Kier molecular flexibility index (Phi) is 5.55. The van der Waals surface area contributed by atoms with Crippen molar-refractivity contribution in [3.8, 4) is 0 Å². The van der Waals surface area contributed by atoms with Gasteiger partial charge in [0.05, 0.1) is 19.6 Å². The summed E-state index contributed by atoms with van der Waals surface area (Å²) in [4.78, 5) is 33.9. The molecule has 0 saturated heterocycles. The summed E-state index contributed by atoms with van der Waals surface area (Å²) in [7, 11) is 1.28. The van der Waals surface area contributed by atoms with E-state index >= 15 is 0 Å². The van der Waals surface area contributed by atoms with Crippen molar-refractivity contribution in [2.24, 2.45) is 17.5 Å². The number of esters is 2. The highest BCUT2D eigenvalue weighted by Gasteiger charge is 2.42. The van der Waals surface area contributed by atoms with Crippen molar-refractivity contribution in [3.05, 3.63) is 0 Å². The maximum atomic E-state index is 11.3. The molecule has 0 aromatic rings. The molecular formula is C14H23NO6. The molecule has 0 aliphatic heterocycles. The molecule has 1 saturated carbocycles. The van der Waals surface area contributed by atoms with Crippen LogP contribution in [0.25, 0.3) is 0 Å². The smallest absolute Gasteiger partial charge is 0.469 e. The van der Waals surface area contributed by atoms with E-state index in [-0.39, 0.29) is 12.5 Å². The molecule has 1 fully saturated rings. The molecule has 1 rings (SSSR count). The summed E-state index contributed by atoms with van der Waals surface area (Å²) in [5.74, 6) is -2.47. The SMILES string of the molecule is [2H]C1(C(=O)OC)CC1CCCCOC(=O)OC(=O)C(C)(C)N. The lowest BCUT2D eigenvalue weighted by molar-refractivity contribution is -0.145. The van der Waals surface area contributed by atoms with Gasteiger partial charge in [-0.15, -0.1) is 0 Å². The molecule has 21 heavy (non-hydrogen) atoms. The van der Waals surface area contributed by atoms with Crippen LogP contribution in [-0.4, -0.2) is 37.3 Å². The van der Waals surface area contributed by atoms with Gasteiger partial charge in [0, 0.05) is 1.37 Å². The maximum Gasteiger partial charge on any atom is 0.516 e. The Morgan fingerprint density at radius 1 is 1.33 bits per heavy atom. The zero-order valence-corrected chi connectivity index (χ0v) is 12.6. The van der Waals surface area contributed by atoms with Crippen molar-refractivity contribution in [2.75, 3.05) is 13.7 Å². The van der Waals surface area contributed by atoms with Crippen molar-refractivity contribution >= 4 is 18.1 Å². The highest BCUT2D eigenvalue weighted by molar-refractivity contribution is 5.87. The van der Waals surface area contributed by atoms with Crippen molar-refractivity contribution in [3.63, 3.8) is 0 Å². The van der Waals surface area contributed by atoms with Crippen LogP contribution in [0.2, 0.25) is 0 Å². The molecule has 7 nitrogen and oxygen atoms in total. The molecule has 2 N–H and O–H groups in total. The van der Waals surface area contributed by atoms with E-state index in [2.05, 4.69) is 9.47 Å². The van der Waals surface area contributed by atoms with E-state index in [9.17, 15) is 14.4 Å². The molecule has 0 radical (unpaired) electrons. The molecule has 1 aliphatic rings. The van der Waals surface area contributed by atoms with Crippen LogP contribution in [0, 0.1) is 11.8 Å². The van der Waals surface area contributed by atoms with Gasteiger partial charge in [-0.1, -0.05) is 0 Å². The predicted molar refractivity (Wildman–Crippen MR) is 73.2 cm³/mol. The van der Waals surface area contributed by atoms with Gasteiger partial charge in [0.1, 0.15) is 5.54 Å². The molecule has 120 valence electrons. The average Bonchev–Trinajstić information content (AvgIpc) is 3.08. The maximum absolute atomic E-state index is 11.3. The van der Waals surface area contributed by atoms with E-state index in [1.54, 1.807) is 0 Å². The van der Waals surface area contributed by atoms with Gasteiger partial charge in [-0.2, -0.15) is 0 Å². The Morgan fingerprint density at radius 3 is 2.57 bits per heavy atom. The van der Waals surface area contributed by atoms with Crippen LogP contribution in [0.3, 0.4) is 0 Å². The predicted octanol–water partition coefficient (Wildman–Crippen LogP) is 1.38. The normalized spacial score (nSPS) is 24.8. The Labute approximate surface area is 125 Å². The second-order valence-electron chi connectivity index (χ2n) is 5.62. The number of rotatable bonds is 7. The van der Waals surface area contributed by atoms with Gasteiger partial charge in [-0.25, -0.2) is 9.59 Å². The molecule has 2 unspecified atom stereocenters. The Balaban J connectivity index is 2.11. The third-order valence-corrected chi connectivity index (χ3v) is 3.12. The van der Waals surface area contributed by atoms with Crippen LogP contribution in [0.1, 0.15) is 40.9 Å². The molecular weight excluding hydrogens is 278 g/mol. The summed E-state index contributed by atoms with van der Waals surface area (Å²) in [6.07, 6.45) is 1.38. The van der Waals surface area contributed by atoms with Gasteiger partial charge < -0.3 is 19.9 Å². The van der Waals surface area contributed by atoms with Crippen molar-refractivity contribution in [2.45, 2.75) is 45.1 Å². The molecule has 0 aromatic heterocycles. The standard InChI is InChI=1S/C14H23NO6/c1-14(2,15)12(17)21-13(18)20-7-5-4-6-9-8-10(9)11(16)19-3/h9-10H,4-8,15H2,1-3H3/i10D. The lowest BCUT2D eigenvalue weighted by atomic mass is 10.1. The molecule has 7 heteroatoms. The summed E-state index contributed by atoms with van der Waals surface area (Å²) in [6.45, 7) is 2.95. The number of ether oxygens (including phenoxy) is 3. The lowest BCUT2D eigenvalue weighted by Crippen LogP contribution is -2.43. The highest BCUT2D eigenvalue weighted by Crippen LogP contribution is 2.42. The Morgan fingerprint density at radius 2 is 2.00 bits per heavy atom. The fourth-order valence-corrected chi connectivity index (χ4v) is 1.75. The molecule has 0 aromatic carbocycles. The van der Waals surface area contributed by atoms with Crippen LogP contribution in [0.15, 0.2) is 0 Å². The number of methoxy groups -OCH3 is 1. The van der Waals surface area contributed by atoms with Crippen LogP contribution in [-0.2, 0) is 23.8 Å². The van der Waals surface area contributed by atoms with Crippen LogP contribution in [0.4, 0.5) is 4.79 Å². The van der Waals surface area contributed by atoms with Crippen LogP contribution >= 0.6 is 0 Å². The van der Waals surface area contributed by atoms with Gasteiger partial charge in [0.2, 0.25) is 0 Å². The molecule has 0 heterocycles. The van der Waals surface area contributed by atoms with E-state index in [0.717, 1.165) is 0 Å². The lowest BCUT2D eigenvalue weighted by Gasteiger charge is -2.15. The summed E-state index contributed by atoms with van der Waals surface area (Å²) < 4.78 is 21.6. The van der Waals surface area contributed by atoms with E-state index in [4.69, 9.17) is 11.8 Å². The Hall–Kier alpha value is -1.63. The molecule has 1 aliphatic carbocycles. The van der Waals surface area contributed by atoms with Crippen molar-refractivity contribution in [1.82, 2.24) is 0 Å². The van der Waals surface area contributed by atoms with E-state index in [1.165, 1.54) is 21.0 Å². The zero-order chi connectivity index (χ0) is 17.0. The molecule has 0 amide bonds. The summed E-state index contributed by atoms with van der Waals surface area (Å²) in [5.41, 5.74) is 4.21. The number of carbonyl (C=O) groups is 3. The van der Waals surface area contributed by atoms with Crippen molar-refractivity contribution in [1.29, 1.82) is 0 Å². The fourth-order valence-electron chi connectivity index (χ4n) is 1.75. The minimum absolute atomic E-state index is 0.00785. The topological polar surface area (TPSA) is 105 Å². The number of nitrogens with two attached hydrogens (primary N) is 1. The first kappa shape index (κ1) is 15.8. The average molecular weight is 302 g/mol. The molecule has 2 atom stereocenters. The highest BCUT2D eigenvalue weighted by atomic mass is 16.7. The largest absolute Gasteiger partial charge is 0.516 e. The van der Waals surface area contributed by atoms with Crippen molar-refractivity contribution < 1.29 is 30.0 Å². The number of unbranched alkanes of at least 4 members (excludes halogenated alkanes) is 1. The fraction of sp³-hybridized carbons (Fsp3) is 0.786. The van der Waals surface area contributed by atoms with E-state index in [1.807, 2.05) is 0 Å². The quantitative estimate of drug-likeness (QED) is 0.430. The summed E-state index contributed by atoms with van der Waals surface area (Å²) >= 11 is 0. The number of hydrogen-bond donors (Lipinski definition) is 1. The first-order chi connectivity index (χ1) is 10.1. The third kappa shape index (κ3) is 6.12. The number of carbonyl (C=O) groups excluding carboxylic acids is 3. The van der Waals surface area contributed by atoms with Crippen LogP contribution in [0.5, 0.6) is 0 Å². The minimum atomic E-state index is -1.25. The zero-order valence-electron chi connectivity index (χ0n) is 13.6. The second-order valence-corrected chi connectivity index (χ2v) is 5.62.